The van der Waals surface area contributed by atoms with Crippen molar-refractivity contribution in [3.63, 3.8) is 0 Å². The SMILES string of the molecule is CC(NS(=O)(=O)c1cnccc1NN)C1CCCC1. The Morgan fingerprint density at radius 1 is 1.42 bits per heavy atom. The number of nitrogens with two attached hydrogens (primary N) is 1. The smallest absolute Gasteiger partial charge is 0.244 e. The van der Waals surface area contributed by atoms with Gasteiger partial charge in [0, 0.05) is 18.4 Å². The summed E-state index contributed by atoms with van der Waals surface area (Å²) in [5.41, 5.74) is 2.73. The minimum Gasteiger partial charge on any atom is -0.323 e. The van der Waals surface area contributed by atoms with Crippen molar-refractivity contribution in [2.75, 3.05) is 5.43 Å². The van der Waals surface area contributed by atoms with Crippen LogP contribution in [0.5, 0.6) is 0 Å². The maximum absolute atomic E-state index is 12.3. The average molecular weight is 284 g/mol. The largest absolute Gasteiger partial charge is 0.323 e. The highest BCUT2D eigenvalue weighted by molar-refractivity contribution is 7.89. The molecule has 1 aliphatic carbocycles. The molecule has 1 unspecified atom stereocenters. The average Bonchev–Trinajstić information content (AvgIpc) is 2.92. The molecule has 1 saturated carbocycles. The van der Waals surface area contributed by atoms with Gasteiger partial charge in [0.1, 0.15) is 4.90 Å². The van der Waals surface area contributed by atoms with Crippen LogP contribution in [0.1, 0.15) is 32.6 Å². The second kappa shape index (κ2) is 5.85. The molecule has 0 amide bonds. The van der Waals surface area contributed by atoms with Gasteiger partial charge in [-0.2, -0.15) is 0 Å². The van der Waals surface area contributed by atoms with Crippen LogP contribution in [0.2, 0.25) is 0 Å². The second-order valence-electron chi connectivity index (χ2n) is 4.97. The Morgan fingerprint density at radius 2 is 2.11 bits per heavy atom. The summed E-state index contributed by atoms with van der Waals surface area (Å²) in [6.45, 7) is 1.92. The van der Waals surface area contributed by atoms with Crippen molar-refractivity contribution >= 4 is 15.7 Å². The lowest BCUT2D eigenvalue weighted by Crippen LogP contribution is -2.37. The molecule has 0 spiro atoms. The van der Waals surface area contributed by atoms with E-state index in [1.54, 1.807) is 0 Å². The molecule has 0 aliphatic heterocycles. The lowest BCUT2D eigenvalue weighted by molar-refractivity contribution is 0.424. The van der Waals surface area contributed by atoms with Crippen molar-refractivity contribution in [3.05, 3.63) is 18.5 Å². The number of sulfonamides is 1. The Labute approximate surface area is 113 Å². The predicted molar refractivity (Wildman–Crippen MR) is 73.8 cm³/mol. The summed E-state index contributed by atoms with van der Waals surface area (Å²) in [6, 6.07) is 1.47. The zero-order valence-corrected chi connectivity index (χ0v) is 11.8. The molecule has 0 bridgehead atoms. The number of rotatable bonds is 5. The third-order valence-corrected chi connectivity index (χ3v) is 5.26. The molecule has 0 radical (unpaired) electrons. The number of aromatic nitrogens is 1. The highest BCUT2D eigenvalue weighted by Crippen LogP contribution is 2.28. The number of anilines is 1. The lowest BCUT2D eigenvalue weighted by Gasteiger charge is -2.20. The van der Waals surface area contributed by atoms with Crippen molar-refractivity contribution in [1.29, 1.82) is 0 Å². The van der Waals surface area contributed by atoms with E-state index >= 15 is 0 Å². The van der Waals surface area contributed by atoms with E-state index in [9.17, 15) is 8.42 Å². The van der Waals surface area contributed by atoms with E-state index in [2.05, 4.69) is 15.1 Å². The van der Waals surface area contributed by atoms with Crippen LogP contribution in [0.25, 0.3) is 0 Å². The van der Waals surface area contributed by atoms with Crippen LogP contribution >= 0.6 is 0 Å². The Bertz CT molecular complexity index is 526. The van der Waals surface area contributed by atoms with Gasteiger partial charge in [0.15, 0.2) is 0 Å². The molecule has 0 aromatic carbocycles. The summed E-state index contributed by atoms with van der Waals surface area (Å²) >= 11 is 0. The maximum atomic E-state index is 12.3. The molecule has 7 heteroatoms. The summed E-state index contributed by atoms with van der Waals surface area (Å²) < 4.78 is 27.4. The molecule has 0 saturated heterocycles. The molecule has 4 N–H and O–H groups in total. The van der Waals surface area contributed by atoms with Gasteiger partial charge < -0.3 is 5.43 Å². The molecular weight excluding hydrogens is 264 g/mol. The van der Waals surface area contributed by atoms with E-state index in [0.29, 0.717) is 11.6 Å². The first-order chi connectivity index (χ1) is 9.04. The number of hydrogen-bond acceptors (Lipinski definition) is 5. The molecule has 1 aromatic heterocycles. The van der Waals surface area contributed by atoms with E-state index in [4.69, 9.17) is 5.84 Å². The van der Waals surface area contributed by atoms with Gasteiger partial charge >= 0.3 is 0 Å². The molecule has 2 rings (SSSR count). The van der Waals surface area contributed by atoms with Crippen LogP contribution in [0.15, 0.2) is 23.4 Å². The third-order valence-electron chi connectivity index (χ3n) is 3.68. The predicted octanol–water partition coefficient (Wildman–Crippen LogP) is 1.22. The molecule has 106 valence electrons. The minimum atomic E-state index is -3.59. The monoisotopic (exact) mass is 284 g/mol. The molecule has 1 aliphatic rings. The van der Waals surface area contributed by atoms with Gasteiger partial charge in [-0.25, -0.2) is 13.1 Å². The van der Waals surface area contributed by atoms with Gasteiger partial charge in [-0.05, 0) is 31.7 Å². The summed E-state index contributed by atoms with van der Waals surface area (Å²) in [7, 11) is -3.59. The maximum Gasteiger partial charge on any atom is 0.244 e. The van der Waals surface area contributed by atoms with Gasteiger partial charge in [0.25, 0.3) is 0 Å². The second-order valence-corrected chi connectivity index (χ2v) is 6.65. The van der Waals surface area contributed by atoms with E-state index in [0.717, 1.165) is 12.8 Å². The fourth-order valence-electron chi connectivity index (χ4n) is 2.58. The topological polar surface area (TPSA) is 97.1 Å². The van der Waals surface area contributed by atoms with Crippen LogP contribution in [0, 0.1) is 5.92 Å². The van der Waals surface area contributed by atoms with Crippen molar-refractivity contribution in [2.45, 2.75) is 43.5 Å². The van der Waals surface area contributed by atoms with Gasteiger partial charge in [-0.1, -0.05) is 12.8 Å². The number of pyridine rings is 1. The first kappa shape index (κ1) is 14.2. The van der Waals surface area contributed by atoms with Crippen LogP contribution in [-0.2, 0) is 10.0 Å². The summed E-state index contributed by atoms with van der Waals surface area (Å²) in [5.74, 6) is 5.75. The zero-order chi connectivity index (χ0) is 13.9. The normalized spacial score (nSPS) is 18.4. The van der Waals surface area contributed by atoms with E-state index in [-0.39, 0.29) is 10.9 Å². The molecule has 1 fully saturated rings. The van der Waals surface area contributed by atoms with Crippen molar-refractivity contribution in [3.8, 4) is 0 Å². The van der Waals surface area contributed by atoms with E-state index in [1.807, 2.05) is 6.92 Å². The fourth-order valence-corrected chi connectivity index (χ4v) is 4.00. The standard InChI is InChI=1S/C12H20N4O2S/c1-9(10-4-2-3-5-10)16-19(17,18)12-8-14-7-6-11(12)15-13/h6-10,16H,2-5,13H2,1H3,(H,14,15). The Morgan fingerprint density at radius 3 is 2.74 bits per heavy atom. The number of hydrogen-bond donors (Lipinski definition) is 3. The summed E-state index contributed by atoms with van der Waals surface area (Å²) in [6.07, 6.45) is 7.32. The number of hydrazine groups is 1. The van der Waals surface area contributed by atoms with Crippen LogP contribution < -0.4 is 16.0 Å². The number of nitrogen functional groups attached to an aromatic ring is 1. The Hall–Kier alpha value is -1.18. The summed E-state index contributed by atoms with van der Waals surface area (Å²) in [4.78, 5) is 3.94. The van der Waals surface area contributed by atoms with Gasteiger partial charge in [-0.15, -0.1) is 0 Å². The number of nitrogens with zero attached hydrogens (tertiary/aromatic N) is 1. The first-order valence-electron chi connectivity index (χ1n) is 6.47. The van der Waals surface area contributed by atoms with Crippen molar-refractivity contribution in [1.82, 2.24) is 9.71 Å². The van der Waals surface area contributed by atoms with Crippen molar-refractivity contribution < 1.29 is 8.42 Å². The Balaban J connectivity index is 2.17. The highest BCUT2D eigenvalue weighted by Gasteiger charge is 2.27. The lowest BCUT2D eigenvalue weighted by atomic mass is 10.0. The molecule has 19 heavy (non-hydrogen) atoms. The minimum absolute atomic E-state index is 0.0710. The molecule has 1 atom stereocenters. The molecule has 6 nitrogen and oxygen atoms in total. The van der Waals surface area contributed by atoms with E-state index < -0.39 is 10.0 Å². The molecule has 1 aromatic rings. The Kier molecular flexibility index (Phi) is 4.38. The third kappa shape index (κ3) is 3.23. The molecular formula is C12H20N4O2S. The fraction of sp³-hybridized carbons (Fsp3) is 0.583. The van der Waals surface area contributed by atoms with Crippen molar-refractivity contribution in [2.24, 2.45) is 11.8 Å². The quantitative estimate of drug-likeness (QED) is 0.558. The van der Waals surface area contributed by atoms with Gasteiger partial charge in [0.05, 0.1) is 5.69 Å². The van der Waals surface area contributed by atoms with Gasteiger partial charge in [-0.3, -0.25) is 10.8 Å². The van der Waals surface area contributed by atoms with Gasteiger partial charge in [0.2, 0.25) is 10.0 Å². The highest BCUT2D eigenvalue weighted by atomic mass is 32.2. The van der Waals surface area contributed by atoms with Crippen LogP contribution in [0.4, 0.5) is 5.69 Å². The van der Waals surface area contributed by atoms with Crippen LogP contribution in [-0.4, -0.2) is 19.4 Å². The van der Waals surface area contributed by atoms with Crippen LogP contribution in [0.3, 0.4) is 0 Å². The zero-order valence-electron chi connectivity index (χ0n) is 11.0. The number of nitrogens with one attached hydrogen (secondary N) is 2. The van der Waals surface area contributed by atoms with E-state index in [1.165, 1.54) is 31.3 Å². The first-order valence-corrected chi connectivity index (χ1v) is 7.96. The molecule has 1 heterocycles. The summed E-state index contributed by atoms with van der Waals surface area (Å²) in [5, 5.41) is 0.